The highest BCUT2D eigenvalue weighted by Crippen LogP contribution is 2.29. The van der Waals surface area contributed by atoms with Crippen LogP contribution in [0.1, 0.15) is 13.8 Å². The van der Waals surface area contributed by atoms with Gasteiger partial charge in [0, 0.05) is 25.8 Å². The lowest BCUT2D eigenvalue weighted by molar-refractivity contribution is -0.124. The number of urea groups is 1. The van der Waals surface area contributed by atoms with Crippen molar-refractivity contribution in [3.8, 4) is 0 Å². The lowest BCUT2D eigenvalue weighted by Crippen LogP contribution is -2.36. The van der Waals surface area contributed by atoms with Crippen molar-refractivity contribution in [3.63, 3.8) is 0 Å². The van der Waals surface area contributed by atoms with E-state index in [0.29, 0.717) is 5.13 Å². The summed E-state index contributed by atoms with van der Waals surface area (Å²) < 4.78 is 0.983. The Bertz CT molecular complexity index is 861. The van der Waals surface area contributed by atoms with E-state index in [1.54, 1.807) is 0 Å². The molecule has 138 valence electrons. The van der Waals surface area contributed by atoms with Crippen LogP contribution in [0.15, 0.2) is 18.2 Å². The molecule has 0 saturated carbocycles. The summed E-state index contributed by atoms with van der Waals surface area (Å²) in [6.07, 6.45) is 0. The molecule has 0 radical (unpaired) electrons. The molecule has 1 fully saturated rings. The number of carbonyl (C=O) groups excluding carboxylic acids is 3. The highest BCUT2D eigenvalue weighted by atomic mass is 32.1. The Morgan fingerprint density at radius 3 is 2.65 bits per heavy atom. The van der Waals surface area contributed by atoms with E-state index < -0.39 is 6.03 Å². The number of aromatic nitrogens is 1. The van der Waals surface area contributed by atoms with Gasteiger partial charge in [-0.05, 0) is 32.0 Å². The van der Waals surface area contributed by atoms with Crippen molar-refractivity contribution in [2.24, 2.45) is 0 Å². The maximum atomic E-state index is 12.2. The predicted molar refractivity (Wildman–Crippen MR) is 102 cm³/mol. The van der Waals surface area contributed by atoms with Gasteiger partial charge in [-0.2, -0.15) is 0 Å². The monoisotopic (exact) mass is 375 g/mol. The summed E-state index contributed by atoms with van der Waals surface area (Å²) in [4.78, 5) is 44.4. The first-order valence-electron chi connectivity index (χ1n) is 8.43. The van der Waals surface area contributed by atoms with Crippen LogP contribution in [-0.2, 0) is 9.59 Å². The number of nitrogens with one attached hydrogen (secondary N) is 1. The number of thiazole rings is 1. The summed E-state index contributed by atoms with van der Waals surface area (Å²) in [5.74, 6) is -0.684. The summed E-state index contributed by atoms with van der Waals surface area (Å²) in [5.41, 5.74) is 1.93. The van der Waals surface area contributed by atoms with Crippen LogP contribution in [0.3, 0.4) is 0 Å². The molecule has 1 aromatic heterocycles. The van der Waals surface area contributed by atoms with Gasteiger partial charge in [-0.1, -0.05) is 11.3 Å². The van der Waals surface area contributed by atoms with Crippen LogP contribution in [0.25, 0.3) is 10.2 Å². The fraction of sp³-hybridized carbons (Fsp3) is 0.412. The fourth-order valence-corrected chi connectivity index (χ4v) is 3.78. The van der Waals surface area contributed by atoms with E-state index in [1.165, 1.54) is 23.3 Å². The largest absolute Gasteiger partial charge is 0.372 e. The number of amides is 4. The average molecular weight is 375 g/mol. The van der Waals surface area contributed by atoms with Gasteiger partial charge >= 0.3 is 6.03 Å². The topological polar surface area (TPSA) is 85.8 Å². The number of carbonyl (C=O) groups is 3. The molecular formula is C17H21N5O3S. The molecule has 3 rings (SSSR count). The van der Waals surface area contributed by atoms with E-state index in [9.17, 15) is 14.4 Å². The van der Waals surface area contributed by atoms with Gasteiger partial charge in [0.15, 0.2) is 5.13 Å². The van der Waals surface area contributed by atoms with Crippen LogP contribution in [0.2, 0.25) is 0 Å². The highest BCUT2D eigenvalue weighted by Gasteiger charge is 2.34. The van der Waals surface area contributed by atoms with Gasteiger partial charge in [-0.15, -0.1) is 0 Å². The van der Waals surface area contributed by atoms with Crippen LogP contribution >= 0.6 is 11.3 Å². The van der Waals surface area contributed by atoms with E-state index in [1.807, 2.05) is 12.1 Å². The number of hydrogen-bond acceptors (Lipinski definition) is 6. The third kappa shape index (κ3) is 3.48. The Labute approximate surface area is 155 Å². The van der Waals surface area contributed by atoms with Gasteiger partial charge in [0.25, 0.3) is 0 Å². The molecular weight excluding hydrogens is 354 g/mol. The molecule has 0 atom stereocenters. The first-order chi connectivity index (χ1) is 12.4. The number of likely N-dealkylation sites (N-methyl/N-ethyl adjacent to an activating group) is 1. The van der Waals surface area contributed by atoms with Crippen LogP contribution < -0.4 is 10.2 Å². The molecule has 26 heavy (non-hydrogen) atoms. The molecule has 1 N–H and O–H groups in total. The Morgan fingerprint density at radius 2 is 2.04 bits per heavy atom. The van der Waals surface area contributed by atoms with E-state index in [2.05, 4.69) is 35.1 Å². The summed E-state index contributed by atoms with van der Waals surface area (Å²) in [5, 5.41) is 3.20. The number of fused-ring (bicyclic) bond motifs is 1. The number of hydrogen-bond donors (Lipinski definition) is 1. The Kier molecular flexibility index (Phi) is 5.08. The zero-order valence-corrected chi connectivity index (χ0v) is 15.8. The number of rotatable bonds is 6. The number of imide groups is 1. The van der Waals surface area contributed by atoms with Gasteiger partial charge < -0.3 is 15.1 Å². The maximum Gasteiger partial charge on any atom is 0.327 e. The van der Waals surface area contributed by atoms with Gasteiger partial charge in [0.1, 0.15) is 13.1 Å². The molecule has 0 unspecified atom stereocenters. The standard InChI is InChI=1S/C17H21N5O3S/c1-4-21(5-2)11-6-7-12-13(8-11)26-16(18-12)19-14(23)9-22-10-15(24)20(3)17(22)25/h6-8H,4-5,9-10H2,1-3H3,(H,18,19,23). The molecule has 8 nitrogen and oxygen atoms in total. The first-order valence-corrected chi connectivity index (χ1v) is 9.25. The number of anilines is 2. The molecule has 1 aromatic carbocycles. The summed E-state index contributed by atoms with van der Waals surface area (Å²) >= 11 is 1.39. The number of nitrogens with zero attached hydrogens (tertiary/aromatic N) is 4. The van der Waals surface area contributed by atoms with Crippen molar-refractivity contribution < 1.29 is 14.4 Å². The Morgan fingerprint density at radius 1 is 1.31 bits per heavy atom. The van der Waals surface area contributed by atoms with Crippen LogP contribution in [0.4, 0.5) is 15.6 Å². The predicted octanol–water partition coefficient (Wildman–Crippen LogP) is 1.97. The normalized spacial score (nSPS) is 14.4. The van der Waals surface area contributed by atoms with Crippen molar-refractivity contribution in [1.29, 1.82) is 0 Å². The summed E-state index contributed by atoms with van der Waals surface area (Å²) in [6, 6.07) is 5.56. The van der Waals surface area contributed by atoms with Crippen molar-refractivity contribution in [1.82, 2.24) is 14.8 Å². The molecule has 1 aliphatic rings. The third-order valence-corrected chi connectivity index (χ3v) is 5.27. The zero-order valence-electron chi connectivity index (χ0n) is 15.0. The van der Waals surface area contributed by atoms with Crippen LogP contribution in [-0.4, -0.2) is 65.9 Å². The van der Waals surface area contributed by atoms with Gasteiger partial charge in [-0.3, -0.25) is 14.5 Å². The second-order valence-corrected chi connectivity index (χ2v) is 7.01. The smallest absolute Gasteiger partial charge is 0.327 e. The quantitative estimate of drug-likeness (QED) is 0.780. The summed E-state index contributed by atoms with van der Waals surface area (Å²) in [7, 11) is 1.41. The van der Waals surface area contributed by atoms with E-state index in [0.717, 1.165) is 33.9 Å². The lowest BCUT2D eigenvalue weighted by Gasteiger charge is -2.20. The molecule has 0 spiro atoms. The van der Waals surface area contributed by atoms with Crippen molar-refractivity contribution in [2.45, 2.75) is 13.8 Å². The fourth-order valence-electron chi connectivity index (χ4n) is 2.86. The maximum absolute atomic E-state index is 12.2. The second kappa shape index (κ2) is 7.28. The Balaban J connectivity index is 1.70. The van der Waals surface area contributed by atoms with Crippen LogP contribution in [0, 0.1) is 0 Å². The minimum Gasteiger partial charge on any atom is -0.372 e. The van der Waals surface area contributed by atoms with Crippen molar-refractivity contribution in [2.75, 3.05) is 43.4 Å². The highest BCUT2D eigenvalue weighted by molar-refractivity contribution is 7.22. The molecule has 1 saturated heterocycles. The molecule has 2 aromatic rings. The minimum atomic E-state index is -0.460. The second-order valence-electron chi connectivity index (χ2n) is 5.98. The van der Waals surface area contributed by atoms with Crippen molar-refractivity contribution >= 4 is 50.2 Å². The zero-order chi connectivity index (χ0) is 18.8. The van der Waals surface area contributed by atoms with Gasteiger partial charge in [0.2, 0.25) is 11.8 Å². The van der Waals surface area contributed by atoms with Crippen molar-refractivity contribution in [3.05, 3.63) is 18.2 Å². The molecule has 0 bridgehead atoms. The Hall–Kier alpha value is -2.68. The third-order valence-electron chi connectivity index (χ3n) is 4.34. The summed E-state index contributed by atoms with van der Waals surface area (Å²) in [6.45, 7) is 5.80. The average Bonchev–Trinajstić information content (AvgIpc) is 3.11. The van der Waals surface area contributed by atoms with E-state index in [4.69, 9.17) is 0 Å². The molecule has 2 heterocycles. The van der Waals surface area contributed by atoms with Gasteiger partial charge in [0.05, 0.1) is 10.2 Å². The SMILES string of the molecule is CCN(CC)c1ccc2nc(NC(=O)CN3CC(=O)N(C)C3=O)sc2c1. The molecule has 4 amide bonds. The molecule has 0 aliphatic carbocycles. The van der Waals surface area contributed by atoms with E-state index in [-0.39, 0.29) is 24.9 Å². The molecule has 9 heteroatoms. The van der Waals surface area contributed by atoms with E-state index >= 15 is 0 Å². The minimum absolute atomic E-state index is 0.0736. The molecule has 1 aliphatic heterocycles. The first kappa shape index (κ1) is 18.1. The van der Waals surface area contributed by atoms with Gasteiger partial charge in [-0.25, -0.2) is 9.78 Å². The number of benzene rings is 1. The van der Waals surface area contributed by atoms with Crippen LogP contribution in [0.5, 0.6) is 0 Å². The lowest BCUT2D eigenvalue weighted by atomic mass is 10.2.